The second-order valence-electron chi connectivity index (χ2n) is 7.49. The zero-order chi connectivity index (χ0) is 20.4. The highest BCUT2D eigenvalue weighted by molar-refractivity contribution is 6.04. The number of fused-ring (bicyclic) bond motifs is 1. The van der Waals surface area contributed by atoms with Crippen LogP contribution in [0, 0.1) is 0 Å². The lowest BCUT2D eigenvalue weighted by atomic mass is 10.2. The first kappa shape index (κ1) is 19.0. The highest BCUT2D eigenvalue weighted by atomic mass is 16.5. The maximum Gasteiger partial charge on any atom is 0.248 e. The van der Waals surface area contributed by atoms with E-state index in [2.05, 4.69) is 15.7 Å². The number of aromatic nitrogens is 2. The second-order valence-corrected chi connectivity index (χ2v) is 7.49. The molecule has 0 radical (unpaired) electrons. The molecular formula is C22H24N4O3. The summed E-state index contributed by atoms with van der Waals surface area (Å²) in [4.78, 5) is 24.0. The largest absolute Gasteiger partial charge is 0.491 e. The van der Waals surface area contributed by atoms with Crippen molar-refractivity contribution >= 4 is 28.5 Å². The molecule has 2 N–H and O–H groups in total. The molecule has 1 aliphatic rings. The lowest BCUT2D eigenvalue weighted by Gasteiger charge is -2.10. The third kappa shape index (κ3) is 4.23. The molecule has 3 aromatic rings. The van der Waals surface area contributed by atoms with Crippen molar-refractivity contribution in [3.05, 3.63) is 54.1 Å². The van der Waals surface area contributed by atoms with Crippen LogP contribution in [0.4, 0.5) is 5.82 Å². The molecule has 2 heterocycles. The minimum absolute atomic E-state index is 0.0584. The van der Waals surface area contributed by atoms with E-state index < -0.39 is 6.04 Å². The summed E-state index contributed by atoms with van der Waals surface area (Å²) in [6, 6.07) is 15.2. The zero-order valence-corrected chi connectivity index (χ0v) is 16.5. The van der Waals surface area contributed by atoms with E-state index in [0.717, 1.165) is 22.2 Å². The van der Waals surface area contributed by atoms with Crippen LogP contribution in [-0.2, 0) is 16.1 Å². The SMILES string of the molecule is CC(C)Oc1ccc2c(NC(=O)[C@H]3CCC(=O)N3)nn(Cc3ccccc3)c2c1. The standard InChI is InChI=1S/C22H24N4O3/c1-14(2)29-16-8-9-17-19(12-16)26(13-15-6-4-3-5-7-15)25-21(17)24-22(28)18-10-11-20(27)23-18/h3-9,12,14,18H,10-11,13H2,1-2H3,(H,23,27)(H,24,25,28)/t18-/m1/s1. The molecule has 150 valence electrons. The van der Waals surface area contributed by atoms with Crippen LogP contribution >= 0.6 is 0 Å². The number of ether oxygens (including phenoxy) is 1. The van der Waals surface area contributed by atoms with E-state index in [1.165, 1.54) is 0 Å². The van der Waals surface area contributed by atoms with E-state index in [4.69, 9.17) is 4.74 Å². The smallest absolute Gasteiger partial charge is 0.248 e. The predicted octanol–water partition coefficient (Wildman–Crippen LogP) is 3.09. The van der Waals surface area contributed by atoms with Crippen LogP contribution in [0.2, 0.25) is 0 Å². The van der Waals surface area contributed by atoms with Gasteiger partial charge in [-0.05, 0) is 38.0 Å². The van der Waals surface area contributed by atoms with Crippen LogP contribution in [0.1, 0.15) is 32.3 Å². The molecular weight excluding hydrogens is 368 g/mol. The average Bonchev–Trinajstić information content (AvgIpc) is 3.26. The highest BCUT2D eigenvalue weighted by Gasteiger charge is 2.28. The minimum Gasteiger partial charge on any atom is -0.491 e. The van der Waals surface area contributed by atoms with Gasteiger partial charge in [-0.25, -0.2) is 0 Å². The molecule has 0 aliphatic carbocycles. The van der Waals surface area contributed by atoms with Crippen molar-refractivity contribution in [2.45, 2.75) is 45.4 Å². The summed E-state index contributed by atoms with van der Waals surface area (Å²) >= 11 is 0. The molecule has 1 saturated heterocycles. The maximum absolute atomic E-state index is 12.6. The Bertz CT molecular complexity index is 1040. The van der Waals surface area contributed by atoms with Crippen LogP contribution in [0.3, 0.4) is 0 Å². The number of nitrogens with zero attached hydrogens (tertiary/aromatic N) is 2. The van der Waals surface area contributed by atoms with Gasteiger partial charge in [-0.2, -0.15) is 5.10 Å². The fourth-order valence-electron chi connectivity index (χ4n) is 3.48. The molecule has 2 amide bonds. The van der Waals surface area contributed by atoms with E-state index in [1.807, 2.05) is 67.1 Å². The summed E-state index contributed by atoms with van der Waals surface area (Å²) in [5.41, 5.74) is 1.98. The fourth-order valence-corrected chi connectivity index (χ4v) is 3.48. The van der Waals surface area contributed by atoms with E-state index >= 15 is 0 Å². The summed E-state index contributed by atoms with van der Waals surface area (Å²) in [5, 5.41) is 11.1. The van der Waals surface area contributed by atoms with Gasteiger partial charge in [0.1, 0.15) is 11.8 Å². The molecule has 0 spiro atoms. The van der Waals surface area contributed by atoms with Crippen molar-refractivity contribution in [2.24, 2.45) is 0 Å². The number of anilines is 1. The van der Waals surface area contributed by atoms with Crippen LogP contribution in [0.15, 0.2) is 48.5 Å². The van der Waals surface area contributed by atoms with Crippen molar-refractivity contribution < 1.29 is 14.3 Å². The third-order valence-corrected chi connectivity index (χ3v) is 4.82. The Morgan fingerprint density at radius 1 is 1.28 bits per heavy atom. The van der Waals surface area contributed by atoms with Gasteiger partial charge in [0, 0.05) is 17.9 Å². The highest BCUT2D eigenvalue weighted by Crippen LogP contribution is 2.28. The van der Waals surface area contributed by atoms with Gasteiger partial charge in [0.15, 0.2) is 5.82 Å². The van der Waals surface area contributed by atoms with Gasteiger partial charge in [-0.1, -0.05) is 30.3 Å². The lowest BCUT2D eigenvalue weighted by Crippen LogP contribution is -2.37. The minimum atomic E-state index is -0.514. The molecule has 0 bridgehead atoms. The van der Waals surface area contributed by atoms with Gasteiger partial charge >= 0.3 is 0 Å². The van der Waals surface area contributed by atoms with Crippen molar-refractivity contribution in [1.82, 2.24) is 15.1 Å². The van der Waals surface area contributed by atoms with Crippen LogP contribution in [-0.4, -0.2) is 33.7 Å². The van der Waals surface area contributed by atoms with Crippen LogP contribution in [0.25, 0.3) is 10.9 Å². The number of nitrogens with one attached hydrogen (secondary N) is 2. The van der Waals surface area contributed by atoms with Crippen molar-refractivity contribution in [2.75, 3.05) is 5.32 Å². The Hall–Kier alpha value is -3.35. The molecule has 0 unspecified atom stereocenters. The number of rotatable bonds is 6. The van der Waals surface area contributed by atoms with E-state index in [0.29, 0.717) is 25.2 Å². The summed E-state index contributed by atoms with van der Waals surface area (Å²) in [6.07, 6.45) is 0.930. The first-order valence-corrected chi connectivity index (χ1v) is 9.81. The Kier molecular flexibility index (Phi) is 5.20. The quantitative estimate of drug-likeness (QED) is 0.675. The van der Waals surface area contributed by atoms with Crippen molar-refractivity contribution in [1.29, 1.82) is 0 Å². The molecule has 1 aliphatic heterocycles. The Morgan fingerprint density at radius 2 is 2.07 bits per heavy atom. The number of hydrogen-bond acceptors (Lipinski definition) is 4. The van der Waals surface area contributed by atoms with Crippen molar-refractivity contribution in [3.63, 3.8) is 0 Å². The Morgan fingerprint density at radius 3 is 2.76 bits per heavy atom. The Balaban J connectivity index is 1.68. The Labute approximate surface area is 169 Å². The topological polar surface area (TPSA) is 85.2 Å². The number of benzene rings is 2. The zero-order valence-electron chi connectivity index (χ0n) is 16.5. The molecule has 1 atom stereocenters. The van der Waals surface area contributed by atoms with E-state index in [9.17, 15) is 9.59 Å². The lowest BCUT2D eigenvalue weighted by molar-refractivity contribution is -0.122. The van der Waals surface area contributed by atoms with Crippen LogP contribution in [0.5, 0.6) is 5.75 Å². The first-order chi connectivity index (χ1) is 14.0. The summed E-state index contributed by atoms with van der Waals surface area (Å²) in [6.45, 7) is 4.53. The number of carbonyl (C=O) groups is 2. The van der Waals surface area contributed by atoms with Gasteiger partial charge in [-0.15, -0.1) is 0 Å². The number of carbonyl (C=O) groups excluding carboxylic acids is 2. The fraction of sp³-hybridized carbons (Fsp3) is 0.318. The third-order valence-electron chi connectivity index (χ3n) is 4.82. The van der Waals surface area contributed by atoms with Gasteiger partial charge in [0.05, 0.1) is 18.2 Å². The van der Waals surface area contributed by atoms with E-state index in [-0.39, 0.29) is 17.9 Å². The monoisotopic (exact) mass is 392 g/mol. The normalized spacial score (nSPS) is 16.2. The average molecular weight is 392 g/mol. The molecule has 4 rings (SSSR count). The van der Waals surface area contributed by atoms with Crippen LogP contribution < -0.4 is 15.4 Å². The molecule has 29 heavy (non-hydrogen) atoms. The van der Waals surface area contributed by atoms with Gasteiger partial charge < -0.3 is 15.4 Å². The number of amides is 2. The maximum atomic E-state index is 12.6. The molecule has 7 heteroatoms. The molecule has 7 nitrogen and oxygen atoms in total. The van der Waals surface area contributed by atoms with E-state index in [1.54, 1.807) is 0 Å². The van der Waals surface area contributed by atoms with Gasteiger partial charge in [0.2, 0.25) is 11.8 Å². The molecule has 1 fully saturated rings. The number of hydrogen-bond donors (Lipinski definition) is 2. The predicted molar refractivity (Wildman–Crippen MR) is 111 cm³/mol. The molecule has 1 aromatic heterocycles. The van der Waals surface area contributed by atoms with Crippen molar-refractivity contribution in [3.8, 4) is 5.75 Å². The molecule has 0 saturated carbocycles. The summed E-state index contributed by atoms with van der Waals surface area (Å²) in [5.74, 6) is 0.894. The first-order valence-electron chi connectivity index (χ1n) is 9.81. The molecule has 2 aromatic carbocycles. The summed E-state index contributed by atoms with van der Waals surface area (Å²) < 4.78 is 7.70. The van der Waals surface area contributed by atoms with Gasteiger partial charge in [-0.3, -0.25) is 14.3 Å². The second kappa shape index (κ2) is 7.95. The van der Waals surface area contributed by atoms with Gasteiger partial charge in [0.25, 0.3) is 0 Å². The summed E-state index contributed by atoms with van der Waals surface area (Å²) in [7, 11) is 0.